The topological polar surface area (TPSA) is 323 Å². The van der Waals surface area contributed by atoms with Crippen LogP contribution in [0, 0.1) is 0 Å². The lowest BCUT2D eigenvalue weighted by Gasteiger charge is -2.23. The highest BCUT2D eigenvalue weighted by Crippen LogP contribution is 2.03. The fourth-order valence-electron chi connectivity index (χ4n) is 2.78. The molecule has 0 radical (unpaired) electrons. The summed E-state index contributed by atoms with van der Waals surface area (Å²) >= 11 is 0. The van der Waals surface area contributed by atoms with Gasteiger partial charge in [0.05, 0.1) is 12.5 Å². The first-order valence-corrected chi connectivity index (χ1v) is 11.0. The minimum absolute atomic E-state index is 0.0161. The first-order valence-electron chi connectivity index (χ1n) is 11.0. The van der Waals surface area contributed by atoms with Crippen LogP contribution in [0.15, 0.2) is 9.98 Å². The van der Waals surface area contributed by atoms with E-state index in [-0.39, 0.29) is 44.3 Å². The van der Waals surface area contributed by atoms with Crippen molar-refractivity contribution in [2.75, 3.05) is 13.1 Å². The third kappa shape index (κ3) is 14.2. The van der Waals surface area contributed by atoms with E-state index in [0.29, 0.717) is 6.42 Å². The van der Waals surface area contributed by atoms with E-state index in [1.807, 2.05) is 0 Å². The summed E-state index contributed by atoms with van der Waals surface area (Å²) in [6.07, 6.45) is 0.293. The molecule has 4 atom stereocenters. The Morgan fingerprint density at radius 1 is 0.750 bits per heavy atom. The minimum atomic E-state index is -1.60. The molecule has 0 aliphatic heterocycles. The second kappa shape index (κ2) is 16.5. The van der Waals surface area contributed by atoms with Gasteiger partial charge in [-0.05, 0) is 32.6 Å². The number of guanidine groups is 2. The van der Waals surface area contributed by atoms with Crippen molar-refractivity contribution in [2.24, 2.45) is 44.4 Å². The van der Waals surface area contributed by atoms with Crippen molar-refractivity contribution < 1.29 is 29.1 Å². The van der Waals surface area contributed by atoms with E-state index in [2.05, 4.69) is 25.9 Å². The summed E-state index contributed by atoms with van der Waals surface area (Å²) in [5.74, 6) is -4.90. The largest absolute Gasteiger partial charge is 0.480 e. The normalized spacial score (nSPS) is 13.7. The zero-order valence-electron chi connectivity index (χ0n) is 20.1. The molecule has 0 aromatic carbocycles. The Labute approximate surface area is 207 Å². The number of primary amides is 1. The average molecular weight is 516 g/mol. The van der Waals surface area contributed by atoms with Crippen molar-refractivity contribution >= 4 is 41.5 Å². The maximum atomic E-state index is 12.7. The van der Waals surface area contributed by atoms with Gasteiger partial charge in [-0.25, -0.2) is 4.79 Å². The van der Waals surface area contributed by atoms with Gasteiger partial charge < -0.3 is 55.5 Å². The van der Waals surface area contributed by atoms with Gasteiger partial charge in [0.25, 0.3) is 0 Å². The monoisotopic (exact) mass is 515 g/mol. The average Bonchev–Trinajstić information content (AvgIpc) is 2.76. The van der Waals surface area contributed by atoms with Gasteiger partial charge in [0.15, 0.2) is 11.9 Å². The van der Waals surface area contributed by atoms with Crippen LogP contribution in [0.5, 0.6) is 0 Å². The molecule has 0 saturated carbocycles. The van der Waals surface area contributed by atoms with E-state index < -0.39 is 60.2 Å². The third-order valence-corrected chi connectivity index (χ3v) is 4.65. The summed E-state index contributed by atoms with van der Waals surface area (Å²) in [5, 5.41) is 16.3. The fraction of sp³-hybridized carbons (Fsp3) is 0.632. The highest BCUT2D eigenvalue weighted by molar-refractivity contribution is 5.94. The number of carboxylic acids is 1. The predicted molar refractivity (Wildman–Crippen MR) is 131 cm³/mol. The van der Waals surface area contributed by atoms with Crippen LogP contribution in [0.3, 0.4) is 0 Å². The lowest BCUT2D eigenvalue weighted by Crippen LogP contribution is -2.56. The molecule has 0 bridgehead atoms. The first-order chi connectivity index (χ1) is 16.7. The van der Waals surface area contributed by atoms with Crippen LogP contribution >= 0.6 is 0 Å². The Kier molecular flexibility index (Phi) is 14.6. The molecular weight excluding hydrogens is 478 g/mol. The van der Waals surface area contributed by atoms with E-state index >= 15 is 0 Å². The maximum Gasteiger partial charge on any atom is 0.326 e. The van der Waals surface area contributed by atoms with Crippen molar-refractivity contribution in [1.82, 2.24) is 16.0 Å². The van der Waals surface area contributed by atoms with Gasteiger partial charge in [0.1, 0.15) is 18.1 Å². The van der Waals surface area contributed by atoms with Crippen LogP contribution in [0.4, 0.5) is 0 Å². The highest BCUT2D eigenvalue weighted by atomic mass is 16.4. The van der Waals surface area contributed by atoms with Crippen LogP contribution in [0.2, 0.25) is 0 Å². The molecule has 16 N–H and O–H groups in total. The number of hydrogen-bond donors (Lipinski definition) is 10. The van der Waals surface area contributed by atoms with E-state index in [4.69, 9.17) is 34.4 Å². The van der Waals surface area contributed by atoms with E-state index in [9.17, 15) is 29.1 Å². The molecular formula is C19H37N11O6. The van der Waals surface area contributed by atoms with Gasteiger partial charge in [-0.2, -0.15) is 0 Å². The number of carbonyl (C=O) groups is 5. The van der Waals surface area contributed by atoms with Crippen LogP contribution in [0.25, 0.3) is 0 Å². The van der Waals surface area contributed by atoms with Crippen molar-refractivity contribution in [2.45, 2.75) is 63.2 Å². The molecule has 0 heterocycles. The third-order valence-electron chi connectivity index (χ3n) is 4.65. The van der Waals surface area contributed by atoms with Crippen LogP contribution < -0.4 is 50.4 Å². The first kappa shape index (κ1) is 31.8. The molecule has 36 heavy (non-hydrogen) atoms. The maximum absolute atomic E-state index is 12.7. The molecule has 0 fully saturated rings. The molecule has 0 rings (SSSR count). The highest BCUT2D eigenvalue weighted by Gasteiger charge is 2.29. The quantitative estimate of drug-likeness (QED) is 0.0495. The number of nitrogens with one attached hydrogen (secondary N) is 3. The smallest absolute Gasteiger partial charge is 0.326 e. The molecule has 0 aromatic rings. The van der Waals surface area contributed by atoms with Gasteiger partial charge >= 0.3 is 5.97 Å². The fourth-order valence-corrected chi connectivity index (χ4v) is 2.78. The number of nitrogens with two attached hydrogens (primary N) is 6. The Balaban J connectivity index is 5.17. The summed E-state index contributed by atoms with van der Waals surface area (Å²) in [4.78, 5) is 67.6. The molecule has 204 valence electrons. The van der Waals surface area contributed by atoms with Gasteiger partial charge in [-0.1, -0.05) is 0 Å². The van der Waals surface area contributed by atoms with Crippen molar-refractivity contribution in [3.05, 3.63) is 0 Å². The molecule has 17 heteroatoms. The number of carboxylic acid groups (broad SMARTS) is 1. The molecule has 4 unspecified atom stereocenters. The van der Waals surface area contributed by atoms with Gasteiger partial charge in [0, 0.05) is 13.1 Å². The van der Waals surface area contributed by atoms with Crippen LogP contribution in [-0.4, -0.2) is 83.9 Å². The van der Waals surface area contributed by atoms with Crippen molar-refractivity contribution in [1.29, 1.82) is 0 Å². The predicted octanol–water partition coefficient (Wildman–Crippen LogP) is -5.14. The molecule has 4 amide bonds. The summed E-state index contributed by atoms with van der Waals surface area (Å²) < 4.78 is 0. The van der Waals surface area contributed by atoms with Crippen molar-refractivity contribution in [3.63, 3.8) is 0 Å². The van der Waals surface area contributed by atoms with Gasteiger partial charge in [-0.3, -0.25) is 29.2 Å². The lowest BCUT2D eigenvalue weighted by molar-refractivity contribution is -0.143. The number of aliphatic imine (C=N–C) groups is 2. The Hall–Kier alpha value is -4.15. The number of aliphatic carboxylic acids is 1. The van der Waals surface area contributed by atoms with Crippen LogP contribution in [-0.2, 0) is 24.0 Å². The van der Waals surface area contributed by atoms with Gasteiger partial charge in [-0.15, -0.1) is 0 Å². The Morgan fingerprint density at radius 2 is 1.25 bits per heavy atom. The number of carbonyl (C=O) groups excluding carboxylic acids is 4. The second-order valence-corrected chi connectivity index (χ2v) is 7.87. The molecule has 0 spiro atoms. The van der Waals surface area contributed by atoms with E-state index in [1.54, 1.807) is 0 Å². The van der Waals surface area contributed by atoms with E-state index in [1.165, 1.54) is 6.92 Å². The number of nitrogens with zero attached hydrogens (tertiary/aromatic N) is 2. The molecule has 0 aromatic heterocycles. The molecule has 17 nitrogen and oxygen atoms in total. The lowest BCUT2D eigenvalue weighted by atomic mass is 10.1. The summed E-state index contributed by atoms with van der Waals surface area (Å²) in [6.45, 7) is 1.79. The van der Waals surface area contributed by atoms with Crippen LogP contribution in [0.1, 0.15) is 39.0 Å². The zero-order valence-corrected chi connectivity index (χ0v) is 20.1. The van der Waals surface area contributed by atoms with Gasteiger partial charge in [0.2, 0.25) is 23.6 Å². The molecule has 0 aliphatic carbocycles. The SMILES string of the molecule is CC(NC(=O)C(N)CCCN=C(N)N)C(=O)NC(CCCN=C(N)N)C(=O)NC(CC(N)=O)C(=O)O. The number of hydrogen-bond acceptors (Lipinski definition) is 8. The van der Waals surface area contributed by atoms with E-state index in [0.717, 1.165) is 0 Å². The van der Waals surface area contributed by atoms with Crippen molar-refractivity contribution in [3.8, 4) is 0 Å². The molecule has 0 aliphatic rings. The minimum Gasteiger partial charge on any atom is -0.480 e. The number of amides is 4. The standard InChI is InChI=1S/C19H37N11O6/c1-9(28-15(33)10(20)4-2-6-26-18(22)23)14(32)29-11(5-3-7-27-19(24)25)16(34)30-12(17(35)36)8-13(21)31/h9-12H,2-8,20H2,1H3,(H2,21,31)(H,28,33)(H,29,32)(H,30,34)(H,35,36)(H4,22,23,26)(H4,24,25,27). The molecule has 0 saturated heterocycles. The summed E-state index contributed by atoms with van der Waals surface area (Å²) in [5.41, 5.74) is 31.8. The summed E-state index contributed by atoms with van der Waals surface area (Å²) in [7, 11) is 0. The summed E-state index contributed by atoms with van der Waals surface area (Å²) in [6, 6.07) is -4.84. The number of rotatable bonds is 17. The Bertz CT molecular complexity index is 840. The second-order valence-electron chi connectivity index (χ2n) is 7.87. The zero-order chi connectivity index (χ0) is 27.8. The Morgan fingerprint density at radius 3 is 1.72 bits per heavy atom.